The summed E-state index contributed by atoms with van der Waals surface area (Å²) in [5.74, 6) is -3.72. The van der Waals surface area contributed by atoms with E-state index >= 15 is 0 Å². The molecule has 5 N–H and O–H groups in total. The largest absolute Gasteiger partial charge is 0.507 e. The molecular formula is C25H25F6N7O5. The molecule has 18 heteroatoms. The number of hydrogen-bond donors (Lipinski definition) is 5. The second-order valence-electron chi connectivity index (χ2n) is 10.3. The minimum atomic E-state index is -5.08. The number of phenolic OH excluding ortho intramolecular Hbond substituents is 1. The molecule has 2 aromatic heterocycles. The predicted molar refractivity (Wildman–Crippen MR) is 136 cm³/mol. The fourth-order valence-corrected chi connectivity index (χ4v) is 5.02. The van der Waals surface area contributed by atoms with Gasteiger partial charge in [-0.05, 0) is 49.3 Å². The fraction of sp³-hybridized carbons (Fsp3) is 0.440. The number of halogens is 6. The van der Waals surface area contributed by atoms with Crippen LogP contribution in [-0.2, 0) is 9.59 Å². The highest BCUT2D eigenvalue weighted by Gasteiger charge is 2.57. The van der Waals surface area contributed by atoms with Crippen molar-refractivity contribution in [1.29, 1.82) is 0 Å². The van der Waals surface area contributed by atoms with Crippen molar-refractivity contribution >= 4 is 17.9 Å². The Morgan fingerprint density at radius 3 is 2.05 bits per heavy atom. The molecule has 3 aromatic rings. The zero-order chi connectivity index (χ0) is 31.6. The quantitative estimate of drug-likeness (QED) is 0.264. The van der Waals surface area contributed by atoms with Crippen molar-refractivity contribution in [2.24, 2.45) is 5.92 Å². The van der Waals surface area contributed by atoms with Gasteiger partial charge in [0.25, 0.3) is 0 Å². The van der Waals surface area contributed by atoms with Crippen molar-refractivity contribution in [2.75, 3.05) is 18.0 Å². The molecule has 1 atom stereocenters. The summed E-state index contributed by atoms with van der Waals surface area (Å²) in [5.41, 5.74) is 3.44. The smallest absolute Gasteiger partial charge is 0.490 e. The summed E-state index contributed by atoms with van der Waals surface area (Å²) in [4.78, 5) is 24.5. The zero-order valence-electron chi connectivity index (χ0n) is 22.0. The van der Waals surface area contributed by atoms with Gasteiger partial charge in [0.2, 0.25) is 5.95 Å². The van der Waals surface area contributed by atoms with Gasteiger partial charge in [0.1, 0.15) is 11.4 Å². The summed E-state index contributed by atoms with van der Waals surface area (Å²) in [6.07, 6.45) is 0.231. The Morgan fingerprint density at radius 2 is 1.60 bits per heavy atom. The van der Waals surface area contributed by atoms with Crippen LogP contribution in [0, 0.1) is 5.92 Å². The van der Waals surface area contributed by atoms with Crippen LogP contribution in [0.5, 0.6) is 5.75 Å². The third kappa shape index (κ3) is 7.68. The Morgan fingerprint density at radius 1 is 0.977 bits per heavy atom. The third-order valence-electron chi connectivity index (χ3n) is 7.16. The summed E-state index contributed by atoms with van der Waals surface area (Å²) < 4.78 is 63.5. The zero-order valence-corrected chi connectivity index (χ0v) is 22.0. The molecule has 7 rings (SSSR count). The van der Waals surface area contributed by atoms with Crippen molar-refractivity contribution in [2.45, 2.75) is 49.6 Å². The number of aromatic hydroxyl groups is 1. The molecule has 3 heterocycles. The first kappa shape index (κ1) is 31.5. The van der Waals surface area contributed by atoms with Gasteiger partial charge < -0.3 is 25.5 Å². The Kier molecular flexibility index (Phi) is 8.79. The molecule has 0 spiro atoms. The van der Waals surface area contributed by atoms with Crippen molar-refractivity contribution in [3.8, 4) is 28.1 Å². The summed E-state index contributed by atoms with van der Waals surface area (Å²) in [6, 6.07) is 5.98. The number of nitrogens with one attached hydrogen (secondary N) is 2. The number of H-pyrrole nitrogens is 1. The van der Waals surface area contributed by atoms with E-state index in [4.69, 9.17) is 19.8 Å². The van der Waals surface area contributed by atoms with Gasteiger partial charge >= 0.3 is 24.3 Å². The second kappa shape index (κ2) is 12.0. The van der Waals surface area contributed by atoms with Gasteiger partial charge in [-0.2, -0.15) is 31.4 Å². The second-order valence-corrected chi connectivity index (χ2v) is 10.3. The molecule has 12 nitrogen and oxygen atoms in total. The third-order valence-corrected chi connectivity index (χ3v) is 7.16. The highest BCUT2D eigenvalue weighted by Crippen LogP contribution is 2.57. The van der Waals surface area contributed by atoms with E-state index in [2.05, 4.69) is 35.6 Å². The molecule has 1 unspecified atom stereocenters. The maximum atomic E-state index is 10.6. The topological polar surface area (TPSA) is 177 Å². The van der Waals surface area contributed by atoms with E-state index in [1.807, 2.05) is 12.1 Å². The molecule has 1 aromatic carbocycles. The van der Waals surface area contributed by atoms with E-state index in [0.717, 1.165) is 36.6 Å². The lowest BCUT2D eigenvalue weighted by atomic mass is 9.49. The van der Waals surface area contributed by atoms with E-state index in [1.54, 1.807) is 24.7 Å². The minimum absolute atomic E-state index is 0.150. The first-order valence-electron chi connectivity index (χ1n) is 12.7. The molecule has 0 amide bonds. The number of hydrogen-bond acceptors (Lipinski definition) is 9. The molecule has 43 heavy (non-hydrogen) atoms. The molecule has 2 bridgehead atoms. The highest BCUT2D eigenvalue weighted by atomic mass is 19.4. The van der Waals surface area contributed by atoms with E-state index in [1.165, 1.54) is 19.3 Å². The number of benzene rings is 1. The van der Waals surface area contributed by atoms with Crippen LogP contribution in [-0.4, -0.2) is 89.7 Å². The number of alkyl halides is 6. The Labute approximate surface area is 238 Å². The van der Waals surface area contributed by atoms with Gasteiger partial charge in [-0.15, -0.1) is 10.2 Å². The molecule has 1 saturated heterocycles. The van der Waals surface area contributed by atoms with Crippen molar-refractivity contribution in [3.05, 3.63) is 36.8 Å². The van der Waals surface area contributed by atoms with Gasteiger partial charge in [0.15, 0.2) is 0 Å². The number of nitrogens with zero attached hydrogens (tertiary/aromatic N) is 5. The van der Waals surface area contributed by atoms with Gasteiger partial charge in [0.05, 0.1) is 12.4 Å². The van der Waals surface area contributed by atoms with Crippen LogP contribution < -0.4 is 10.2 Å². The number of aromatic amines is 1. The Hall–Kier alpha value is -4.48. The van der Waals surface area contributed by atoms with Crippen molar-refractivity contribution < 1.29 is 51.3 Å². The number of phenols is 1. The first-order valence-corrected chi connectivity index (χ1v) is 12.7. The molecule has 3 aliphatic carbocycles. The standard InChI is InChI=1S/C21H23N7O.2C2HF3O2/c29-19-5-14(15-9-23-24-10-15)1-2-17(19)18-11-22-20(27-26-18)28-4-3-16(12-28)25-21-6-13(7-21)8-21;2*3-2(4,5)1(6)7/h1-2,5,9-11,13,16,25,29H,3-4,6-8,12H2,(H,23,24);2*(H,6,7). The summed E-state index contributed by atoms with van der Waals surface area (Å²) in [5, 5.41) is 44.0. The van der Waals surface area contributed by atoms with Crippen LogP contribution in [0.1, 0.15) is 25.7 Å². The van der Waals surface area contributed by atoms with E-state index in [9.17, 15) is 31.4 Å². The number of carbonyl (C=O) groups is 2. The predicted octanol–water partition coefficient (Wildman–Crippen LogP) is 3.62. The monoisotopic (exact) mass is 617 g/mol. The highest BCUT2D eigenvalue weighted by molar-refractivity contribution is 5.74. The molecular weight excluding hydrogens is 592 g/mol. The number of anilines is 1. The van der Waals surface area contributed by atoms with E-state index in [-0.39, 0.29) is 5.75 Å². The molecule has 4 aliphatic rings. The van der Waals surface area contributed by atoms with Crippen LogP contribution >= 0.6 is 0 Å². The molecule has 3 saturated carbocycles. The lowest BCUT2D eigenvalue weighted by Gasteiger charge is -2.63. The fourth-order valence-electron chi connectivity index (χ4n) is 5.02. The lowest BCUT2D eigenvalue weighted by molar-refractivity contribution is -0.193. The SMILES string of the molecule is O=C(O)C(F)(F)F.O=C(O)C(F)(F)F.Oc1cc(-c2cn[nH]c2)ccc1-c1cnc(N2CCC(NC34CC(C3)C4)C2)nn1. The van der Waals surface area contributed by atoms with Gasteiger partial charge in [-0.25, -0.2) is 14.6 Å². The first-order chi connectivity index (χ1) is 20.1. The van der Waals surface area contributed by atoms with Gasteiger partial charge in [-0.3, -0.25) is 5.10 Å². The van der Waals surface area contributed by atoms with Crippen molar-refractivity contribution in [1.82, 2.24) is 30.7 Å². The number of rotatable bonds is 5. The number of carboxylic acid groups (broad SMARTS) is 2. The summed E-state index contributed by atoms with van der Waals surface area (Å²) >= 11 is 0. The molecule has 1 aliphatic heterocycles. The number of aliphatic carboxylic acids is 2. The Bertz CT molecular complexity index is 1390. The van der Waals surface area contributed by atoms with E-state index < -0.39 is 24.3 Å². The van der Waals surface area contributed by atoms with Crippen LogP contribution in [0.25, 0.3) is 22.4 Å². The number of carboxylic acids is 2. The molecule has 4 fully saturated rings. The van der Waals surface area contributed by atoms with Crippen LogP contribution in [0.3, 0.4) is 0 Å². The summed E-state index contributed by atoms with van der Waals surface area (Å²) in [7, 11) is 0. The molecule has 0 radical (unpaired) electrons. The average Bonchev–Trinajstić information content (AvgIpc) is 3.58. The van der Waals surface area contributed by atoms with E-state index in [0.29, 0.717) is 28.8 Å². The lowest BCUT2D eigenvalue weighted by Crippen LogP contribution is -2.69. The van der Waals surface area contributed by atoms with Crippen LogP contribution in [0.2, 0.25) is 0 Å². The van der Waals surface area contributed by atoms with Crippen molar-refractivity contribution in [3.63, 3.8) is 0 Å². The van der Waals surface area contributed by atoms with Crippen LogP contribution in [0.4, 0.5) is 32.3 Å². The average molecular weight is 618 g/mol. The summed E-state index contributed by atoms with van der Waals surface area (Å²) in [6.45, 7) is 1.88. The maximum Gasteiger partial charge on any atom is 0.490 e. The normalized spacial score (nSPS) is 22.2. The van der Waals surface area contributed by atoms with Gasteiger partial charge in [0, 0.05) is 42.0 Å². The van der Waals surface area contributed by atoms with Gasteiger partial charge in [-0.1, -0.05) is 6.07 Å². The minimum Gasteiger partial charge on any atom is -0.507 e. The van der Waals surface area contributed by atoms with Crippen LogP contribution in [0.15, 0.2) is 36.8 Å². The maximum absolute atomic E-state index is 10.6. The Balaban J connectivity index is 0.000000254. The number of aromatic nitrogens is 5. The molecule has 232 valence electrons.